The highest BCUT2D eigenvalue weighted by molar-refractivity contribution is 4.96. The Morgan fingerprint density at radius 3 is 2.94 bits per heavy atom. The summed E-state index contributed by atoms with van der Waals surface area (Å²) in [6, 6.07) is 0.150. The number of aromatic nitrogens is 2. The van der Waals surface area contributed by atoms with Gasteiger partial charge in [-0.3, -0.25) is 4.90 Å². The van der Waals surface area contributed by atoms with Crippen molar-refractivity contribution < 1.29 is 9.63 Å². The standard InChI is InChI=1S/C10H18N4O2/c1-13-4-3-5-14(2)8(6-13)10-11-9(7-15)16-12-10/h8,15H,3-7H2,1-2H3. The maximum Gasteiger partial charge on any atom is 0.252 e. The summed E-state index contributed by atoms with van der Waals surface area (Å²) < 4.78 is 4.94. The van der Waals surface area contributed by atoms with Gasteiger partial charge in [-0.2, -0.15) is 4.98 Å². The summed E-state index contributed by atoms with van der Waals surface area (Å²) in [5, 5.41) is 12.8. The molecule has 6 nitrogen and oxygen atoms in total. The third-order valence-electron chi connectivity index (χ3n) is 2.98. The zero-order valence-electron chi connectivity index (χ0n) is 9.76. The Hall–Kier alpha value is -0.980. The number of hydrogen-bond acceptors (Lipinski definition) is 6. The predicted octanol–water partition coefficient (Wildman–Crippen LogP) is -0.130. The van der Waals surface area contributed by atoms with Gasteiger partial charge in [-0.25, -0.2) is 0 Å². The third kappa shape index (κ3) is 2.40. The smallest absolute Gasteiger partial charge is 0.252 e. The van der Waals surface area contributed by atoms with Crippen LogP contribution in [0, 0.1) is 0 Å². The Labute approximate surface area is 94.8 Å². The van der Waals surface area contributed by atoms with Gasteiger partial charge in [0.2, 0.25) is 0 Å². The van der Waals surface area contributed by atoms with Crippen molar-refractivity contribution >= 4 is 0 Å². The van der Waals surface area contributed by atoms with Crippen LogP contribution in [-0.4, -0.2) is 58.8 Å². The van der Waals surface area contributed by atoms with E-state index in [-0.39, 0.29) is 18.5 Å². The fourth-order valence-corrected chi connectivity index (χ4v) is 2.02. The largest absolute Gasteiger partial charge is 0.387 e. The molecule has 0 saturated carbocycles. The van der Waals surface area contributed by atoms with Crippen molar-refractivity contribution in [2.45, 2.75) is 19.1 Å². The molecule has 0 bridgehead atoms. The van der Waals surface area contributed by atoms with Gasteiger partial charge < -0.3 is 14.5 Å². The molecule has 1 aromatic rings. The van der Waals surface area contributed by atoms with E-state index in [1.54, 1.807) is 0 Å². The van der Waals surface area contributed by atoms with Crippen LogP contribution in [0.25, 0.3) is 0 Å². The fraction of sp³-hybridized carbons (Fsp3) is 0.800. The number of aliphatic hydroxyl groups excluding tert-OH is 1. The lowest BCUT2D eigenvalue weighted by Gasteiger charge is -2.24. The minimum atomic E-state index is -0.195. The van der Waals surface area contributed by atoms with E-state index in [9.17, 15) is 0 Å². The third-order valence-corrected chi connectivity index (χ3v) is 2.98. The number of likely N-dealkylation sites (N-methyl/N-ethyl adjacent to an activating group) is 2. The molecule has 1 fully saturated rings. The first-order valence-corrected chi connectivity index (χ1v) is 5.53. The zero-order valence-corrected chi connectivity index (χ0v) is 9.76. The number of rotatable bonds is 2. The van der Waals surface area contributed by atoms with Gasteiger partial charge in [0.05, 0.1) is 6.04 Å². The van der Waals surface area contributed by atoms with Gasteiger partial charge in [-0.1, -0.05) is 5.16 Å². The van der Waals surface area contributed by atoms with E-state index >= 15 is 0 Å². The van der Waals surface area contributed by atoms with Crippen molar-refractivity contribution in [1.82, 2.24) is 19.9 Å². The van der Waals surface area contributed by atoms with Crippen LogP contribution in [0.15, 0.2) is 4.52 Å². The van der Waals surface area contributed by atoms with E-state index in [0.717, 1.165) is 26.1 Å². The molecular formula is C10H18N4O2. The first-order valence-electron chi connectivity index (χ1n) is 5.53. The topological polar surface area (TPSA) is 65.6 Å². The first kappa shape index (κ1) is 11.5. The van der Waals surface area contributed by atoms with Crippen molar-refractivity contribution in [1.29, 1.82) is 0 Å². The lowest BCUT2D eigenvalue weighted by Crippen LogP contribution is -2.31. The molecule has 1 aliphatic heterocycles. The summed E-state index contributed by atoms with van der Waals surface area (Å²) in [4.78, 5) is 8.68. The molecule has 6 heteroatoms. The number of hydrogen-bond donors (Lipinski definition) is 1. The summed E-state index contributed by atoms with van der Waals surface area (Å²) >= 11 is 0. The molecule has 0 spiro atoms. The van der Waals surface area contributed by atoms with Crippen molar-refractivity contribution in [3.63, 3.8) is 0 Å². The molecule has 0 radical (unpaired) electrons. The molecule has 0 aliphatic carbocycles. The molecule has 1 aromatic heterocycles. The first-order chi connectivity index (χ1) is 7.70. The van der Waals surface area contributed by atoms with Crippen LogP contribution in [0.2, 0.25) is 0 Å². The molecule has 1 aliphatic rings. The van der Waals surface area contributed by atoms with E-state index in [1.807, 2.05) is 0 Å². The fourth-order valence-electron chi connectivity index (χ4n) is 2.02. The van der Waals surface area contributed by atoms with Crippen LogP contribution < -0.4 is 0 Å². The molecular weight excluding hydrogens is 208 g/mol. The Morgan fingerprint density at radius 2 is 2.25 bits per heavy atom. The van der Waals surface area contributed by atoms with Gasteiger partial charge in [-0.15, -0.1) is 0 Å². The Kier molecular flexibility index (Phi) is 3.52. The second kappa shape index (κ2) is 4.90. The van der Waals surface area contributed by atoms with Crippen LogP contribution in [0.4, 0.5) is 0 Å². The lowest BCUT2D eigenvalue weighted by molar-refractivity contribution is 0.209. The Balaban J connectivity index is 2.15. The number of nitrogens with zero attached hydrogens (tertiary/aromatic N) is 4. The van der Waals surface area contributed by atoms with Crippen molar-refractivity contribution in [2.75, 3.05) is 33.7 Å². The highest BCUT2D eigenvalue weighted by Crippen LogP contribution is 2.20. The average Bonchev–Trinajstić information content (AvgIpc) is 2.67. The van der Waals surface area contributed by atoms with Gasteiger partial charge in [0.1, 0.15) is 6.61 Å². The van der Waals surface area contributed by atoms with Crippen LogP contribution >= 0.6 is 0 Å². The second-order valence-corrected chi connectivity index (χ2v) is 4.32. The summed E-state index contributed by atoms with van der Waals surface area (Å²) in [6.45, 7) is 2.81. The van der Waals surface area contributed by atoms with Gasteiger partial charge in [-0.05, 0) is 33.6 Å². The van der Waals surface area contributed by atoms with E-state index in [4.69, 9.17) is 9.63 Å². The highest BCUT2D eigenvalue weighted by Gasteiger charge is 2.26. The highest BCUT2D eigenvalue weighted by atomic mass is 16.5. The minimum absolute atomic E-state index is 0.150. The molecule has 1 atom stereocenters. The minimum Gasteiger partial charge on any atom is -0.387 e. The van der Waals surface area contributed by atoms with Gasteiger partial charge in [0.15, 0.2) is 5.82 Å². The van der Waals surface area contributed by atoms with Crippen LogP contribution in [0.5, 0.6) is 0 Å². The zero-order chi connectivity index (χ0) is 11.5. The van der Waals surface area contributed by atoms with Crippen molar-refractivity contribution in [3.05, 3.63) is 11.7 Å². The number of aliphatic hydroxyl groups is 1. The molecule has 1 N–H and O–H groups in total. The Bertz CT molecular complexity index is 341. The lowest BCUT2D eigenvalue weighted by atomic mass is 10.2. The van der Waals surface area contributed by atoms with E-state index < -0.39 is 0 Å². The SMILES string of the molecule is CN1CCCN(C)C(c2noc(CO)n2)C1. The molecule has 2 heterocycles. The summed E-state index contributed by atoms with van der Waals surface area (Å²) in [5.41, 5.74) is 0. The monoisotopic (exact) mass is 226 g/mol. The van der Waals surface area contributed by atoms with Gasteiger partial charge in [0, 0.05) is 6.54 Å². The van der Waals surface area contributed by atoms with E-state index in [0.29, 0.717) is 5.82 Å². The van der Waals surface area contributed by atoms with Crippen LogP contribution in [0.3, 0.4) is 0 Å². The quantitative estimate of drug-likeness (QED) is 0.758. The van der Waals surface area contributed by atoms with Crippen molar-refractivity contribution in [2.24, 2.45) is 0 Å². The molecule has 1 unspecified atom stereocenters. The maximum absolute atomic E-state index is 8.90. The predicted molar refractivity (Wildman–Crippen MR) is 57.7 cm³/mol. The molecule has 2 rings (SSSR count). The van der Waals surface area contributed by atoms with Crippen molar-refractivity contribution in [3.8, 4) is 0 Å². The summed E-state index contributed by atoms with van der Waals surface area (Å²) in [7, 11) is 4.16. The van der Waals surface area contributed by atoms with Gasteiger partial charge in [0.25, 0.3) is 5.89 Å². The van der Waals surface area contributed by atoms with E-state index in [1.165, 1.54) is 0 Å². The van der Waals surface area contributed by atoms with E-state index in [2.05, 4.69) is 34.0 Å². The normalized spacial score (nSPS) is 24.6. The molecule has 90 valence electrons. The summed E-state index contributed by atoms with van der Waals surface area (Å²) in [5.74, 6) is 0.954. The second-order valence-electron chi connectivity index (χ2n) is 4.32. The average molecular weight is 226 g/mol. The molecule has 1 saturated heterocycles. The summed E-state index contributed by atoms with van der Waals surface area (Å²) in [6.07, 6.45) is 1.15. The Morgan fingerprint density at radius 1 is 1.44 bits per heavy atom. The van der Waals surface area contributed by atoms with Crippen LogP contribution in [-0.2, 0) is 6.61 Å². The van der Waals surface area contributed by atoms with Crippen LogP contribution in [0.1, 0.15) is 24.2 Å². The molecule has 16 heavy (non-hydrogen) atoms. The molecule has 0 amide bonds. The van der Waals surface area contributed by atoms with Gasteiger partial charge >= 0.3 is 0 Å². The molecule has 0 aromatic carbocycles. The maximum atomic E-state index is 8.90.